The summed E-state index contributed by atoms with van der Waals surface area (Å²) in [4.78, 5) is 17.1. The van der Waals surface area contributed by atoms with Crippen LogP contribution in [0.4, 0.5) is 9.39 Å². The summed E-state index contributed by atoms with van der Waals surface area (Å²) in [6.07, 6.45) is 0.646. The lowest BCUT2D eigenvalue weighted by Gasteiger charge is -2.04. The Morgan fingerprint density at radius 3 is 2.82 bits per heavy atom. The molecule has 0 unspecified atom stereocenters. The third-order valence-electron chi connectivity index (χ3n) is 3.01. The van der Waals surface area contributed by atoms with Gasteiger partial charge in [-0.15, -0.1) is 16.4 Å². The molecule has 0 radical (unpaired) electrons. The van der Waals surface area contributed by atoms with E-state index in [1.807, 2.05) is 6.92 Å². The van der Waals surface area contributed by atoms with Crippen molar-refractivity contribution in [2.45, 2.75) is 13.3 Å². The van der Waals surface area contributed by atoms with E-state index in [-0.39, 0.29) is 11.7 Å². The molecule has 8 heteroatoms. The first-order chi connectivity index (χ1) is 10.7. The normalized spacial score (nSPS) is 10.6. The zero-order valence-electron chi connectivity index (χ0n) is 11.5. The maximum atomic E-state index is 13.0. The van der Waals surface area contributed by atoms with Crippen LogP contribution in [-0.2, 0) is 6.42 Å². The third-order valence-corrected chi connectivity index (χ3v) is 4.52. The molecule has 0 aliphatic carbocycles. The van der Waals surface area contributed by atoms with Crippen LogP contribution < -0.4 is 5.32 Å². The Hall–Kier alpha value is -2.19. The second-order valence-corrected chi connectivity index (χ2v) is 6.00. The summed E-state index contributed by atoms with van der Waals surface area (Å²) in [6, 6.07) is 5.99. The Balaban J connectivity index is 1.86. The van der Waals surface area contributed by atoms with E-state index in [2.05, 4.69) is 19.9 Å². The molecule has 3 rings (SSSR count). The fourth-order valence-corrected chi connectivity index (χ4v) is 3.26. The smallest absolute Gasteiger partial charge is 0.269 e. The molecule has 0 spiro atoms. The lowest BCUT2D eigenvalue weighted by Crippen LogP contribution is -2.12. The van der Waals surface area contributed by atoms with E-state index < -0.39 is 0 Å². The van der Waals surface area contributed by atoms with Gasteiger partial charge in [0.15, 0.2) is 0 Å². The van der Waals surface area contributed by atoms with Crippen LogP contribution in [0.5, 0.6) is 0 Å². The van der Waals surface area contributed by atoms with Gasteiger partial charge in [-0.2, -0.15) is 0 Å². The number of carbonyl (C=O) groups excluding carboxylic acids is 1. The number of benzene rings is 1. The second kappa shape index (κ2) is 6.29. The van der Waals surface area contributed by atoms with Gasteiger partial charge in [0.2, 0.25) is 0 Å². The van der Waals surface area contributed by atoms with E-state index in [0.717, 1.165) is 17.1 Å². The monoisotopic (exact) mass is 334 g/mol. The van der Waals surface area contributed by atoms with Gasteiger partial charge in [-0.25, -0.2) is 9.37 Å². The maximum Gasteiger partial charge on any atom is 0.269 e. The summed E-state index contributed by atoms with van der Waals surface area (Å²) >= 11 is 2.38. The molecule has 112 valence electrons. The highest BCUT2D eigenvalue weighted by atomic mass is 32.1. The highest BCUT2D eigenvalue weighted by molar-refractivity contribution is 7.14. The van der Waals surface area contributed by atoms with Gasteiger partial charge in [0.05, 0.1) is 11.2 Å². The SMILES string of the molecule is CCc1nnsc1C(=O)Nc1scnc1-c1ccc(F)cc1. The quantitative estimate of drug-likeness (QED) is 0.791. The first-order valence-electron chi connectivity index (χ1n) is 6.51. The van der Waals surface area contributed by atoms with Crippen molar-refractivity contribution >= 4 is 33.8 Å². The lowest BCUT2D eigenvalue weighted by molar-refractivity contribution is 0.103. The van der Waals surface area contributed by atoms with Crippen LogP contribution in [0.1, 0.15) is 22.3 Å². The molecule has 1 amide bonds. The molecular weight excluding hydrogens is 323 g/mol. The molecule has 0 bridgehead atoms. The lowest BCUT2D eigenvalue weighted by atomic mass is 10.1. The minimum absolute atomic E-state index is 0.250. The van der Waals surface area contributed by atoms with Gasteiger partial charge in [-0.1, -0.05) is 11.4 Å². The van der Waals surface area contributed by atoms with Crippen LogP contribution in [0.2, 0.25) is 0 Å². The van der Waals surface area contributed by atoms with Crippen LogP contribution in [0.3, 0.4) is 0 Å². The van der Waals surface area contributed by atoms with E-state index in [9.17, 15) is 9.18 Å². The number of hydrogen-bond donors (Lipinski definition) is 1. The minimum atomic E-state index is -0.312. The molecule has 0 aliphatic heterocycles. The zero-order chi connectivity index (χ0) is 15.5. The number of amides is 1. The number of thiazole rings is 1. The van der Waals surface area contributed by atoms with E-state index in [4.69, 9.17) is 0 Å². The van der Waals surface area contributed by atoms with Gasteiger partial charge < -0.3 is 5.32 Å². The number of anilines is 1. The van der Waals surface area contributed by atoms with Crippen LogP contribution >= 0.6 is 22.9 Å². The predicted octanol–water partition coefficient (Wildman–Crippen LogP) is 3.62. The molecule has 0 saturated carbocycles. The molecule has 0 aliphatic rings. The Morgan fingerprint density at radius 2 is 2.09 bits per heavy atom. The van der Waals surface area contributed by atoms with Crippen molar-refractivity contribution in [3.05, 3.63) is 46.2 Å². The van der Waals surface area contributed by atoms with Crippen LogP contribution in [0.15, 0.2) is 29.8 Å². The standard InChI is InChI=1S/C14H11FN4OS2/c1-2-10-12(22-19-18-10)13(20)17-14-11(16-7-21-14)8-3-5-9(15)6-4-8/h3-7H,2H2,1H3,(H,17,20). The summed E-state index contributed by atoms with van der Waals surface area (Å²) in [5.74, 6) is -0.563. The average Bonchev–Trinajstić information content (AvgIpc) is 3.16. The molecule has 3 aromatic rings. The molecule has 1 N–H and O–H groups in total. The van der Waals surface area contributed by atoms with Crippen molar-refractivity contribution < 1.29 is 9.18 Å². The van der Waals surface area contributed by atoms with Crippen molar-refractivity contribution in [2.75, 3.05) is 5.32 Å². The molecular formula is C14H11FN4OS2. The maximum absolute atomic E-state index is 13.0. The summed E-state index contributed by atoms with van der Waals surface area (Å²) in [5.41, 5.74) is 3.68. The highest BCUT2D eigenvalue weighted by Crippen LogP contribution is 2.31. The first kappa shape index (κ1) is 14.7. The number of aryl methyl sites for hydroxylation is 1. The topological polar surface area (TPSA) is 67.8 Å². The summed E-state index contributed by atoms with van der Waals surface area (Å²) < 4.78 is 16.8. The van der Waals surface area contributed by atoms with E-state index in [1.165, 1.54) is 23.5 Å². The minimum Gasteiger partial charge on any atom is -0.311 e. The molecule has 0 atom stereocenters. The molecule has 1 aromatic carbocycles. The van der Waals surface area contributed by atoms with Crippen molar-refractivity contribution in [3.63, 3.8) is 0 Å². The summed E-state index contributed by atoms with van der Waals surface area (Å²) in [6.45, 7) is 1.92. The van der Waals surface area contributed by atoms with Crippen molar-refractivity contribution in [3.8, 4) is 11.3 Å². The van der Waals surface area contributed by atoms with Gasteiger partial charge >= 0.3 is 0 Å². The Kier molecular flexibility index (Phi) is 4.21. The Morgan fingerprint density at radius 1 is 1.32 bits per heavy atom. The number of nitrogens with zero attached hydrogens (tertiary/aromatic N) is 3. The van der Waals surface area contributed by atoms with E-state index in [1.54, 1.807) is 17.6 Å². The number of aromatic nitrogens is 3. The number of rotatable bonds is 4. The highest BCUT2D eigenvalue weighted by Gasteiger charge is 2.18. The largest absolute Gasteiger partial charge is 0.311 e. The zero-order valence-corrected chi connectivity index (χ0v) is 13.2. The molecule has 2 heterocycles. The van der Waals surface area contributed by atoms with Crippen LogP contribution in [-0.4, -0.2) is 20.5 Å². The van der Waals surface area contributed by atoms with E-state index >= 15 is 0 Å². The molecule has 0 fully saturated rings. The molecule has 2 aromatic heterocycles. The summed E-state index contributed by atoms with van der Waals surface area (Å²) in [5, 5.41) is 7.38. The van der Waals surface area contributed by atoms with Crippen molar-refractivity contribution in [1.82, 2.24) is 14.6 Å². The second-order valence-electron chi connectivity index (χ2n) is 4.39. The predicted molar refractivity (Wildman–Crippen MR) is 84.7 cm³/mol. The molecule has 22 heavy (non-hydrogen) atoms. The molecule has 0 saturated heterocycles. The van der Waals surface area contributed by atoms with E-state index in [0.29, 0.717) is 27.7 Å². The molecule has 5 nitrogen and oxygen atoms in total. The third kappa shape index (κ3) is 2.88. The summed E-state index contributed by atoms with van der Waals surface area (Å²) in [7, 11) is 0. The fraction of sp³-hybridized carbons (Fsp3) is 0.143. The Bertz CT molecular complexity index is 797. The van der Waals surface area contributed by atoms with Crippen LogP contribution in [0, 0.1) is 5.82 Å². The fourth-order valence-electron chi connectivity index (χ4n) is 1.92. The number of halogens is 1. The van der Waals surface area contributed by atoms with Crippen molar-refractivity contribution in [1.29, 1.82) is 0 Å². The number of hydrogen-bond acceptors (Lipinski definition) is 6. The van der Waals surface area contributed by atoms with Gasteiger partial charge in [0.1, 0.15) is 21.4 Å². The van der Waals surface area contributed by atoms with Gasteiger partial charge in [-0.05, 0) is 42.2 Å². The van der Waals surface area contributed by atoms with Gasteiger partial charge in [-0.3, -0.25) is 4.79 Å². The average molecular weight is 334 g/mol. The first-order valence-corrected chi connectivity index (χ1v) is 8.16. The Labute approximate surface area is 134 Å². The van der Waals surface area contributed by atoms with Crippen LogP contribution in [0.25, 0.3) is 11.3 Å². The number of nitrogens with one attached hydrogen (secondary N) is 1. The number of carbonyl (C=O) groups is 1. The van der Waals surface area contributed by atoms with Gasteiger partial charge in [0, 0.05) is 5.56 Å². The van der Waals surface area contributed by atoms with Crippen molar-refractivity contribution in [2.24, 2.45) is 0 Å². The van der Waals surface area contributed by atoms with Gasteiger partial charge in [0.25, 0.3) is 5.91 Å².